The molecule has 3 atom stereocenters. The van der Waals surface area contributed by atoms with Crippen LogP contribution in [-0.4, -0.2) is 51.6 Å². The number of hydrogen-bond donors (Lipinski definition) is 3. The number of carboxylic acids is 1. The van der Waals surface area contributed by atoms with Crippen LogP contribution in [0.2, 0.25) is 0 Å². The van der Waals surface area contributed by atoms with Gasteiger partial charge in [-0.3, -0.25) is 9.59 Å². The van der Waals surface area contributed by atoms with Gasteiger partial charge in [0.15, 0.2) is 0 Å². The minimum Gasteiger partial charge on any atom is -1.00 e. The predicted octanol–water partition coefficient (Wildman–Crippen LogP) is -2.04. The summed E-state index contributed by atoms with van der Waals surface area (Å²) in [4.78, 5) is 37.2. The number of carbonyl (C=O) groups excluding carboxylic acids is 2. The summed E-state index contributed by atoms with van der Waals surface area (Å²) in [6, 6.07) is 6.37. The summed E-state index contributed by atoms with van der Waals surface area (Å²) in [6.07, 6.45) is -0.480. The first-order valence-electron chi connectivity index (χ1n) is 8.23. The van der Waals surface area contributed by atoms with Gasteiger partial charge in [-0.1, -0.05) is 12.1 Å². The van der Waals surface area contributed by atoms with Crippen molar-refractivity contribution < 1.29 is 55.6 Å². The van der Waals surface area contributed by atoms with Crippen LogP contribution in [0.4, 0.5) is 0 Å². The van der Waals surface area contributed by atoms with Gasteiger partial charge in [0.2, 0.25) is 5.91 Å². The Kier molecular flexibility index (Phi) is 6.29. The number of nitrogens with zero attached hydrogens (tertiary/aromatic N) is 1. The Morgan fingerprint density at radius 2 is 2.12 bits per heavy atom. The minimum atomic E-state index is -1.18. The van der Waals surface area contributed by atoms with Crippen LogP contribution in [0.25, 0.3) is 5.57 Å². The molecule has 3 N–H and O–H groups in total. The van der Waals surface area contributed by atoms with E-state index in [-0.39, 0.29) is 54.5 Å². The number of β-lactam (4-membered cyclic amide) rings is 1. The largest absolute Gasteiger partial charge is 1.00 e. The average molecular weight is 368 g/mol. The van der Waals surface area contributed by atoms with Crippen LogP contribution in [0, 0.1) is 5.92 Å². The molecule has 1 fully saturated rings. The molecule has 2 aliphatic rings. The molecular formula is C18H21N2NaO5. The Labute approximate surface area is 174 Å². The van der Waals surface area contributed by atoms with Gasteiger partial charge in [-0.05, 0) is 43.5 Å². The van der Waals surface area contributed by atoms with Crippen molar-refractivity contribution >= 4 is 23.4 Å². The molecule has 0 aromatic heterocycles. The fourth-order valence-corrected chi connectivity index (χ4v) is 3.64. The molecule has 0 saturated carbocycles. The van der Waals surface area contributed by atoms with Crippen LogP contribution < -0.4 is 34.9 Å². The maximum atomic E-state index is 12.2. The van der Waals surface area contributed by atoms with E-state index in [0.29, 0.717) is 29.7 Å². The van der Waals surface area contributed by atoms with Crippen molar-refractivity contribution in [1.29, 1.82) is 0 Å². The van der Waals surface area contributed by atoms with Gasteiger partial charge in [0.25, 0.3) is 5.91 Å². The number of aliphatic carboxylic acids is 1. The molecule has 8 heteroatoms. The molecule has 26 heavy (non-hydrogen) atoms. The Morgan fingerprint density at radius 3 is 2.69 bits per heavy atom. The van der Waals surface area contributed by atoms with E-state index in [1.807, 2.05) is 6.92 Å². The summed E-state index contributed by atoms with van der Waals surface area (Å²) in [5.74, 6) is -2.37. The number of benzene rings is 1. The van der Waals surface area contributed by atoms with E-state index in [1.165, 1.54) is 11.8 Å². The van der Waals surface area contributed by atoms with Gasteiger partial charge in [-0.15, -0.1) is 0 Å². The summed E-state index contributed by atoms with van der Waals surface area (Å²) >= 11 is 0. The van der Waals surface area contributed by atoms with E-state index >= 15 is 0 Å². The van der Waals surface area contributed by atoms with Crippen LogP contribution in [-0.2, 0) is 9.59 Å². The van der Waals surface area contributed by atoms with Crippen molar-refractivity contribution in [1.82, 2.24) is 10.2 Å². The SMILES string of the molecule is CCNC(=O)c1cccc(C2=C(C(=O)O)N3C(=O)[C@H]([C@@H](C)O)[C@H]3C2)c1.[H-].[Na+]. The molecule has 2 heterocycles. The molecular weight excluding hydrogens is 347 g/mol. The number of carbonyl (C=O) groups is 3. The fraction of sp³-hybridized carbons (Fsp3) is 0.389. The number of rotatable bonds is 5. The van der Waals surface area contributed by atoms with Crippen molar-refractivity contribution in [3.05, 3.63) is 41.1 Å². The second-order valence-electron chi connectivity index (χ2n) is 6.32. The normalized spacial score (nSPS) is 22.3. The van der Waals surface area contributed by atoms with Crippen LogP contribution in [0.1, 0.15) is 37.6 Å². The second kappa shape index (κ2) is 7.92. The zero-order valence-corrected chi connectivity index (χ0v) is 17.0. The van der Waals surface area contributed by atoms with E-state index in [1.54, 1.807) is 24.3 Å². The van der Waals surface area contributed by atoms with Crippen LogP contribution in [0.15, 0.2) is 30.0 Å². The summed E-state index contributed by atoms with van der Waals surface area (Å²) in [5, 5.41) is 22.1. The number of amides is 2. The van der Waals surface area contributed by atoms with Crippen LogP contribution >= 0.6 is 0 Å². The minimum absolute atomic E-state index is 0. The Balaban J connectivity index is 0.00000182. The van der Waals surface area contributed by atoms with Gasteiger partial charge in [-0.2, -0.15) is 0 Å². The van der Waals surface area contributed by atoms with Gasteiger partial charge in [0.05, 0.1) is 18.1 Å². The second-order valence-corrected chi connectivity index (χ2v) is 6.32. The Morgan fingerprint density at radius 1 is 1.42 bits per heavy atom. The van der Waals surface area contributed by atoms with Crippen molar-refractivity contribution in [3.63, 3.8) is 0 Å². The third-order valence-corrected chi connectivity index (χ3v) is 4.74. The Bertz CT molecular complexity index is 796. The molecule has 2 amide bonds. The quantitative estimate of drug-likeness (QED) is 0.410. The van der Waals surface area contributed by atoms with Gasteiger partial charge in [0, 0.05) is 12.1 Å². The smallest absolute Gasteiger partial charge is 1.00 e. The van der Waals surface area contributed by atoms with Crippen LogP contribution in [0.3, 0.4) is 0 Å². The van der Waals surface area contributed by atoms with Crippen LogP contribution in [0.5, 0.6) is 0 Å². The van der Waals surface area contributed by atoms with E-state index in [4.69, 9.17) is 0 Å². The first-order chi connectivity index (χ1) is 11.9. The molecule has 0 unspecified atom stereocenters. The van der Waals surface area contributed by atoms with Gasteiger partial charge in [-0.25, -0.2) is 4.79 Å². The molecule has 0 aliphatic carbocycles. The third kappa shape index (κ3) is 3.32. The fourth-order valence-electron chi connectivity index (χ4n) is 3.64. The van der Waals surface area contributed by atoms with E-state index in [9.17, 15) is 24.6 Å². The average Bonchev–Trinajstić information content (AvgIpc) is 2.90. The topological polar surface area (TPSA) is 107 Å². The number of aliphatic hydroxyl groups excluding tert-OH is 1. The molecule has 2 aliphatic heterocycles. The molecule has 1 aromatic carbocycles. The predicted molar refractivity (Wildman–Crippen MR) is 90.5 cm³/mol. The van der Waals surface area contributed by atoms with E-state index in [2.05, 4.69) is 5.32 Å². The Hall–Kier alpha value is -1.67. The molecule has 0 spiro atoms. The molecule has 0 radical (unpaired) electrons. The van der Waals surface area contributed by atoms with Gasteiger partial charge >= 0.3 is 35.5 Å². The first kappa shape index (κ1) is 20.6. The van der Waals surface area contributed by atoms with Crippen molar-refractivity contribution in [2.75, 3.05) is 6.54 Å². The number of hydrogen-bond acceptors (Lipinski definition) is 4. The number of nitrogens with one attached hydrogen (secondary N) is 1. The van der Waals surface area contributed by atoms with E-state index in [0.717, 1.165) is 0 Å². The molecule has 3 rings (SSSR count). The third-order valence-electron chi connectivity index (χ3n) is 4.74. The number of carboxylic acid groups (broad SMARTS) is 1. The molecule has 134 valence electrons. The summed E-state index contributed by atoms with van der Waals surface area (Å²) < 4.78 is 0. The van der Waals surface area contributed by atoms with Crippen molar-refractivity contribution in [2.24, 2.45) is 5.92 Å². The standard InChI is InChI=1S/C18H20N2O5.Na.H/c1-3-19-16(22)11-6-4-5-10(7-11)12-8-13-14(9(2)21)17(23)20(13)15(12)18(24)25;;/h4-7,9,13-14,21H,3,8H2,1-2H3,(H,19,22)(H,24,25);;/q;+1;-1/t9-,13-,14-;;/m1../s1. The van der Waals surface area contributed by atoms with Gasteiger partial charge in [0.1, 0.15) is 5.70 Å². The molecule has 0 bridgehead atoms. The monoisotopic (exact) mass is 368 g/mol. The van der Waals surface area contributed by atoms with Crippen molar-refractivity contribution in [2.45, 2.75) is 32.4 Å². The molecule has 1 saturated heterocycles. The number of fused-ring (bicyclic) bond motifs is 1. The van der Waals surface area contributed by atoms with Gasteiger partial charge < -0.3 is 21.9 Å². The first-order valence-corrected chi connectivity index (χ1v) is 8.23. The maximum absolute atomic E-state index is 12.2. The molecule has 1 aromatic rings. The zero-order chi connectivity index (χ0) is 18.3. The maximum Gasteiger partial charge on any atom is 1.00 e. The summed E-state index contributed by atoms with van der Waals surface area (Å²) in [5.41, 5.74) is 1.50. The summed E-state index contributed by atoms with van der Waals surface area (Å²) in [7, 11) is 0. The zero-order valence-electron chi connectivity index (χ0n) is 16.0. The molecule has 7 nitrogen and oxygen atoms in total. The van der Waals surface area contributed by atoms with Crippen molar-refractivity contribution in [3.8, 4) is 0 Å². The number of aliphatic hydroxyl groups is 1. The summed E-state index contributed by atoms with van der Waals surface area (Å²) in [6.45, 7) is 3.84. The van der Waals surface area contributed by atoms with E-state index < -0.39 is 18.0 Å².